The van der Waals surface area contributed by atoms with Crippen molar-refractivity contribution < 1.29 is 4.79 Å². The summed E-state index contributed by atoms with van der Waals surface area (Å²) in [5.41, 5.74) is 6.33. The SMILES string of the molecule is Cc1nnc(Nc2cccc([C@@H]3CCCN(CC(N)=O)C3)n2)s1. The summed E-state index contributed by atoms with van der Waals surface area (Å²) in [5.74, 6) is 0.812. The van der Waals surface area contributed by atoms with Gasteiger partial charge in [0.1, 0.15) is 10.8 Å². The number of anilines is 2. The Morgan fingerprint density at radius 2 is 2.35 bits per heavy atom. The van der Waals surface area contributed by atoms with E-state index < -0.39 is 0 Å². The molecule has 0 saturated carbocycles. The summed E-state index contributed by atoms with van der Waals surface area (Å²) in [5, 5.41) is 12.9. The first-order valence-corrected chi connectivity index (χ1v) is 8.46. The van der Waals surface area contributed by atoms with E-state index in [-0.39, 0.29) is 5.91 Å². The minimum Gasteiger partial charge on any atom is -0.369 e. The van der Waals surface area contributed by atoms with Crippen molar-refractivity contribution >= 4 is 28.2 Å². The van der Waals surface area contributed by atoms with Gasteiger partial charge in [-0.25, -0.2) is 4.98 Å². The number of pyridine rings is 1. The number of nitrogens with one attached hydrogen (secondary N) is 1. The van der Waals surface area contributed by atoms with Crippen LogP contribution in [0.4, 0.5) is 10.9 Å². The number of aromatic nitrogens is 3. The van der Waals surface area contributed by atoms with E-state index in [0.29, 0.717) is 12.5 Å². The van der Waals surface area contributed by atoms with Crippen LogP contribution in [0.15, 0.2) is 18.2 Å². The number of carbonyl (C=O) groups excluding carboxylic acids is 1. The summed E-state index contributed by atoms with van der Waals surface area (Å²) in [6, 6.07) is 5.95. The highest BCUT2D eigenvalue weighted by atomic mass is 32.1. The number of primary amides is 1. The van der Waals surface area contributed by atoms with Crippen LogP contribution in [0, 0.1) is 6.92 Å². The maximum absolute atomic E-state index is 11.1. The number of carbonyl (C=O) groups is 1. The number of nitrogens with two attached hydrogens (primary N) is 1. The monoisotopic (exact) mass is 332 g/mol. The smallest absolute Gasteiger partial charge is 0.231 e. The average molecular weight is 332 g/mol. The molecule has 1 aliphatic rings. The second-order valence-corrected chi connectivity index (χ2v) is 6.92. The van der Waals surface area contributed by atoms with Crippen molar-refractivity contribution in [2.24, 2.45) is 5.73 Å². The zero-order valence-corrected chi connectivity index (χ0v) is 13.8. The fourth-order valence-corrected chi connectivity index (χ4v) is 3.46. The molecule has 2 aromatic rings. The Kier molecular flexibility index (Phi) is 4.82. The number of aryl methyl sites for hydroxylation is 1. The van der Waals surface area contributed by atoms with Gasteiger partial charge in [-0.3, -0.25) is 9.69 Å². The summed E-state index contributed by atoms with van der Waals surface area (Å²) in [4.78, 5) is 17.9. The van der Waals surface area contributed by atoms with E-state index in [1.165, 1.54) is 11.3 Å². The number of hydrogen-bond donors (Lipinski definition) is 2. The van der Waals surface area contributed by atoms with Crippen molar-refractivity contribution in [2.45, 2.75) is 25.7 Å². The fraction of sp³-hybridized carbons (Fsp3) is 0.467. The van der Waals surface area contributed by atoms with Gasteiger partial charge < -0.3 is 11.1 Å². The van der Waals surface area contributed by atoms with Gasteiger partial charge in [-0.05, 0) is 38.4 Å². The molecule has 1 aliphatic heterocycles. The van der Waals surface area contributed by atoms with Crippen molar-refractivity contribution in [3.05, 3.63) is 28.9 Å². The molecule has 0 aromatic carbocycles. The number of likely N-dealkylation sites (tertiary alicyclic amines) is 1. The van der Waals surface area contributed by atoms with Crippen molar-refractivity contribution in [3.8, 4) is 0 Å². The Labute approximate surface area is 138 Å². The standard InChI is InChI=1S/C15H20N6OS/c1-10-19-20-15(23-10)18-14-6-2-5-12(17-14)11-4-3-7-21(8-11)9-13(16)22/h2,5-6,11H,3-4,7-9H2,1H3,(H2,16,22)(H,17,18,20)/t11-/m1/s1. The topological polar surface area (TPSA) is 97.0 Å². The van der Waals surface area contributed by atoms with Gasteiger partial charge in [0, 0.05) is 18.2 Å². The Balaban J connectivity index is 1.70. The molecule has 122 valence electrons. The molecule has 23 heavy (non-hydrogen) atoms. The highest BCUT2D eigenvalue weighted by Gasteiger charge is 2.23. The molecule has 0 bridgehead atoms. The molecule has 2 aromatic heterocycles. The second kappa shape index (κ2) is 7.01. The molecule has 0 aliphatic carbocycles. The lowest BCUT2D eigenvalue weighted by Crippen LogP contribution is -2.40. The lowest BCUT2D eigenvalue weighted by molar-refractivity contribution is -0.119. The predicted molar refractivity (Wildman–Crippen MR) is 89.8 cm³/mol. The van der Waals surface area contributed by atoms with Gasteiger partial charge in [-0.2, -0.15) is 0 Å². The normalized spacial score (nSPS) is 18.7. The van der Waals surface area contributed by atoms with Gasteiger partial charge >= 0.3 is 0 Å². The number of hydrogen-bond acceptors (Lipinski definition) is 7. The molecule has 0 radical (unpaired) electrons. The molecular formula is C15H20N6OS. The van der Waals surface area contributed by atoms with Crippen molar-refractivity contribution in [2.75, 3.05) is 25.0 Å². The van der Waals surface area contributed by atoms with Crippen LogP contribution in [0.3, 0.4) is 0 Å². The van der Waals surface area contributed by atoms with Gasteiger partial charge in [0.2, 0.25) is 11.0 Å². The highest BCUT2D eigenvalue weighted by Crippen LogP contribution is 2.27. The van der Waals surface area contributed by atoms with E-state index in [1.807, 2.05) is 25.1 Å². The van der Waals surface area contributed by atoms with Crippen LogP contribution in [-0.2, 0) is 4.79 Å². The summed E-state index contributed by atoms with van der Waals surface area (Å²) in [6.07, 6.45) is 2.12. The largest absolute Gasteiger partial charge is 0.369 e. The first kappa shape index (κ1) is 15.8. The Morgan fingerprint density at radius 1 is 1.48 bits per heavy atom. The predicted octanol–water partition coefficient (Wildman–Crippen LogP) is 1.65. The Morgan fingerprint density at radius 3 is 3.09 bits per heavy atom. The van der Waals surface area contributed by atoms with Crippen LogP contribution >= 0.6 is 11.3 Å². The van der Waals surface area contributed by atoms with Gasteiger partial charge in [-0.1, -0.05) is 17.4 Å². The van der Waals surface area contributed by atoms with Crippen molar-refractivity contribution in [1.82, 2.24) is 20.1 Å². The van der Waals surface area contributed by atoms with Gasteiger partial charge in [0.15, 0.2) is 0 Å². The highest BCUT2D eigenvalue weighted by molar-refractivity contribution is 7.15. The maximum atomic E-state index is 11.1. The lowest BCUT2D eigenvalue weighted by atomic mass is 9.94. The second-order valence-electron chi connectivity index (χ2n) is 5.74. The molecule has 3 rings (SSSR count). The minimum atomic E-state index is -0.277. The minimum absolute atomic E-state index is 0.277. The van der Waals surface area contributed by atoms with E-state index in [4.69, 9.17) is 10.7 Å². The number of rotatable bonds is 5. The lowest BCUT2D eigenvalue weighted by Gasteiger charge is -2.31. The Bertz CT molecular complexity index is 688. The summed E-state index contributed by atoms with van der Waals surface area (Å²) >= 11 is 1.50. The average Bonchev–Trinajstić information content (AvgIpc) is 2.92. The van der Waals surface area contributed by atoms with Gasteiger partial charge in [-0.15, -0.1) is 10.2 Å². The molecule has 0 spiro atoms. The molecule has 1 atom stereocenters. The van der Waals surface area contributed by atoms with Crippen molar-refractivity contribution in [1.29, 1.82) is 0 Å². The molecule has 0 unspecified atom stereocenters. The van der Waals surface area contributed by atoms with Crippen LogP contribution in [0.2, 0.25) is 0 Å². The van der Waals surface area contributed by atoms with Gasteiger partial charge in [0.25, 0.3) is 0 Å². The number of amides is 1. The van der Waals surface area contributed by atoms with E-state index in [9.17, 15) is 4.79 Å². The molecule has 7 nitrogen and oxygen atoms in total. The first-order chi connectivity index (χ1) is 11.1. The van der Waals surface area contributed by atoms with Crippen LogP contribution in [0.25, 0.3) is 0 Å². The van der Waals surface area contributed by atoms with Crippen LogP contribution in [0.1, 0.15) is 29.5 Å². The molecule has 1 amide bonds. The third kappa shape index (κ3) is 4.23. The molecule has 1 saturated heterocycles. The summed E-state index contributed by atoms with van der Waals surface area (Å²) in [7, 11) is 0. The molecule has 3 N–H and O–H groups in total. The molecule has 3 heterocycles. The molecule has 8 heteroatoms. The van der Waals surface area contributed by atoms with E-state index in [0.717, 1.165) is 47.6 Å². The Hall–Kier alpha value is -2.06. The maximum Gasteiger partial charge on any atom is 0.231 e. The summed E-state index contributed by atoms with van der Waals surface area (Å²) < 4.78 is 0. The first-order valence-electron chi connectivity index (χ1n) is 7.65. The molecular weight excluding hydrogens is 312 g/mol. The summed E-state index contributed by atoms with van der Waals surface area (Å²) in [6.45, 7) is 3.97. The zero-order chi connectivity index (χ0) is 16.2. The van der Waals surface area contributed by atoms with Crippen LogP contribution in [-0.4, -0.2) is 45.6 Å². The quantitative estimate of drug-likeness (QED) is 0.864. The zero-order valence-electron chi connectivity index (χ0n) is 13.0. The van der Waals surface area contributed by atoms with E-state index in [2.05, 4.69) is 20.4 Å². The molecule has 1 fully saturated rings. The van der Waals surface area contributed by atoms with Crippen LogP contribution < -0.4 is 11.1 Å². The third-order valence-corrected chi connectivity index (χ3v) is 4.59. The van der Waals surface area contributed by atoms with E-state index in [1.54, 1.807) is 0 Å². The fourth-order valence-electron chi connectivity index (χ4n) is 2.87. The van der Waals surface area contributed by atoms with E-state index >= 15 is 0 Å². The number of nitrogens with zero attached hydrogens (tertiary/aromatic N) is 4. The van der Waals surface area contributed by atoms with Crippen molar-refractivity contribution in [3.63, 3.8) is 0 Å². The third-order valence-electron chi connectivity index (χ3n) is 3.83. The van der Waals surface area contributed by atoms with Gasteiger partial charge in [0.05, 0.1) is 6.54 Å². The van der Waals surface area contributed by atoms with Crippen LogP contribution in [0.5, 0.6) is 0 Å². The number of piperidine rings is 1.